The summed E-state index contributed by atoms with van der Waals surface area (Å²) in [6.07, 6.45) is -0.442. The molecule has 0 fully saturated rings. The molecule has 1 aliphatic rings. The van der Waals surface area contributed by atoms with E-state index in [0.717, 1.165) is 12.1 Å². The number of aromatic nitrogens is 1. The third-order valence-electron chi connectivity index (χ3n) is 4.13. The SMILES string of the molecule is NS(=O)(=O)c1ccc(C2=CC(C(=O)O)C=C2c2ccc(C(F)(F)F)cc2)cn1. The van der Waals surface area contributed by atoms with Crippen molar-refractivity contribution in [2.75, 3.05) is 0 Å². The molecule has 0 amide bonds. The van der Waals surface area contributed by atoms with Crippen molar-refractivity contribution < 1.29 is 31.5 Å². The highest BCUT2D eigenvalue weighted by atomic mass is 32.2. The first-order chi connectivity index (χ1) is 13.0. The van der Waals surface area contributed by atoms with Gasteiger partial charge in [0.2, 0.25) is 0 Å². The number of carbonyl (C=O) groups is 1. The number of hydrogen-bond donors (Lipinski definition) is 2. The summed E-state index contributed by atoms with van der Waals surface area (Å²) in [5.74, 6) is -2.11. The molecule has 0 saturated heterocycles. The Kier molecular flexibility index (Phi) is 4.86. The lowest BCUT2D eigenvalue weighted by Crippen LogP contribution is -2.13. The van der Waals surface area contributed by atoms with E-state index in [2.05, 4.69) is 4.98 Å². The number of allylic oxidation sites excluding steroid dienone is 2. The number of carboxylic acid groups (broad SMARTS) is 1. The molecule has 146 valence electrons. The molecular weight excluding hydrogens is 397 g/mol. The van der Waals surface area contributed by atoms with Crippen LogP contribution >= 0.6 is 0 Å². The highest BCUT2D eigenvalue weighted by Crippen LogP contribution is 2.39. The summed E-state index contributed by atoms with van der Waals surface area (Å²) < 4.78 is 61.0. The fourth-order valence-corrected chi connectivity index (χ4v) is 3.24. The van der Waals surface area contributed by atoms with E-state index in [4.69, 9.17) is 5.14 Å². The van der Waals surface area contributed by atoms with Gasteiger partial charge in [-0.2, -0.15) is 13.2 Å². The summed E-state index contributed by atoms with van der Waals surface area (Å²) in [7, 11) is -4.00. The molecule has 1 unspecified atom stereocenters. The number of carboxylic acids is 1. The number of sulfonamides is 1. The fraction of sp³-hybridized carbons (Fsp3) is 0.111. The highest BCUT2D eigenvalue weighted by Gasteiger charge is 2.31. The van der Waals surface area contributed by atoms with Crippen LogP contribution in [0.4, 0.5) is 13.2 Å². The minimum Gasteiger partial charge on any atom is -0.481 e. The molecule has 1 aromatic carbocycles. The Balaban J connectivity index is 2.03. The molecule has 0 radical (unpaired) electrons. The number of primary sulfonamides is 1. The molecule has 1 aromatic heterocycles. The van der Waals surface area contributed by atoms with Crippen molar-refractivity contribution in [1.82, 2.24) is 4.98 Å². The second kappa shape index (κ2) is 6.88. The van der Waals surface area contributed by atoms with Crippen molar-refractivity contribution in [2.24, 2.45) is 11.1 Å². The van der Waals surface area contributed by atoms with E-state index in [9.17, 15) is 31.5 Å². The monoisotopic (exact) mass is 410 g/mol. The lowest BCUT2D eigenvalue weighted by atomic mass is 9.95. The zero-order chi connectivity index (χ0) is 20.7. The fourth-order valence-electron chi connectivity index (χ4n) is 2.78. The summed E-state index contributed by atoms with van der Waals surface area (Å²) in [4.78, 5) is 15.1. The third-order valence-corrected chi connectivity index (χ3v) is 4.95. The number of rotatable bonds is 4. The Morgan fingerprint density at radius 2 is 1.54 bits per heavy atom. The molecule has 28 heavy (non-hydrogen) atoms. The number of aliphatic carboxylic acids is 1. The maximum atomic E-state index is 12.8. The molecule has 2 aromatic rings. The average molecular weight is 410 g/mol. The van der Waals surface area contributed by atoms with Gasteiger partial charge < -0.3 is 5.11 Å². The first-order valence-corrected chi connectivity index (χ1v) is 9.35. The Labute approximate surface area is 157 Å². The van der Waals surface area contributed by atoms with Crippen molar-refractivity contribution in [3.8, 4) is 0 Å². The number of alkyl halides is 3. The van der Waals surface area contributed by atoms with E-state index in [-0.39, 0.29) is 5.03 Å². The van der Waals surface area contributed by atoms with Gasteiger partial charge in [0.15, 0.2) is 5.03 Å². The van der Waals surface area contributed by atoms with Crippen LogP contribution in [0.1, 0.15) is 16.7 Å². The van der Waals surface area contributed by atoms with Gasteiger partial charge in [-0.25, -0.2) is 18.5 Å². The summed E-state index contributed by atoms with van der Waals surface area (Å²) in [6.45, 7) is 0. The highest BCUT2D eigenvalue weighted by molar-refractivity contribution is 7.89. The molecule has 0 saturated carbocycles. The molecule has 1 aliphatic carbocycles. The Hall–Kier alpha value is -2.98. The minimum absolute atomic E-state index is 0.357. The predicted molar refractivity (Wildman–Crippen MR) is 94.1 cm³/mol. The predicted octanol–water partition coefficient (Wildman–Crippen LogP) is 2.93. The Morgan fingerprint density at radius 1 is 1.00 bits per heavy atom. The smallest absolute Gasteiger partial charge is 0.416 e. The lowest BCUT2D eigenvalue weighted by Gasteiger charge is -2.11. The zero-order valence-electron chi connectivity index (χ0n) is 14.0. The standard InChI is InChI=1S/C18H13F3N2O4S/c19-18(20,21)13-4-1-10(2-5-13)14-7-12(17(24)25)8-15(14)11-3-6-16(23-9-11)28(22,26)27/h1-9,12H,(H,24,25)(H2,22,26,27). The van der Waals surface area contributed by atoms with Crippen molar-refractivity contribution in [3.63, 3.8) is 0 Å². The van der Waals surface area contributed by atoms with E-state index in [0.29, 0.717) is 22.3 Å². The van der Waals surface area contributed by atoms with Crippen LogP contribution in [0.15, 0.2) is 59.8 Å². The van der Waals surface area contributed by atoms with Crippen LogP contribution in [0.2, 0.25) is 0 Å². The number of nitrogens with zero attached hydrogens (tertiary/aromatic N) is 1. The minimum atomic E-state index is -4.49. The van der Waals surface area contributed by atoms with Crippen molar-refractivity contribution in [3.05, 3.63) is 71.4 Å². The first kappa shape index (κ1) is 19.8. The molecule has 3 rings (SSSR count). The molecular formula is C18H13F3N2O4S. The lowest BCUT2D eigenvalue weighted by molar-refractivity contribution is -0.139. The van der Waals surface area contributed by atoms with E-state index >= 15 is 0 Å². The molecule has 1 atom stereocenters. The second-order valence-corrected chi connectivity index (χ2v) is 7.54. The van der Waals surface area contributed by atoms with Gasteiger partial charge in [0, 0.05) is 11.8 Å². The first-order valence-electron chi connectivity index (χ1n) is 7.80. The molecule has 10 heteroatoms. The van der Waals surface area contributed by atoms with Gasteiger partial charge >= 0.3 is 12.1 Å². The third kappa shape index (κ3) is 3.97. The molecule has 1 heterocycles. The topological polar surface area (TPSA) is 110 Å². The normalized spacial score (nSPS) is 17.2. The van der Waals surface area contributed by atoms with Crippen LogP contribution in [0, 0.1) is 5.92 Å². The van der Waals surface area contributed by atoms with Crippen LogP contribution < -0.4 is 5.14 Å². The van der Waals surface area contributed by atoms with Gasteiger partial charge in [-0.05, 0) is 41.0 Å². The average Bonchev–Trinajstić information content (AvgIpc) is 3.06. The van der Waals surface area contributed by atoms with E-state index in [1.165, 1.54) is 42.6 Å². The number of nitrogens with two attached hydrogens (primary N) is 1. The maximum Gasteiger partial charge on any atom is 0.416 e. The number of hydrogen-bond acceptors (Lipinski definition) is 4. The quantitative estimate of drug-likeness (QED) is 0.805. The summed E-state index contributed by atoms with van der Waals surface area (Å²) in [6, 6.07) is 6.89. The second-order valence-electron chi connectivity index (χ2n) is 6.03. The molecule has 3 N–H and O–H groups in total. The summed E-state index contributed by atoms with van der Waals surface area (Å²) >= 11 is 0. The molecule has 6 nitrogen and oxygen atoms in total. The van der Waals surface area contributed by atoms with Gasteiger partial charge in [0.05, 0.1) is 11.5 Å². The zero-order valence-corrected chi connectivity index (χ0v) is 14.8. The van der Waals surface area contributed by atoms with E-state index in [1.807, 2.05) is 0 Å². The van der Waals surface area contributed by atoms with E-state index in [1.54, 1.807) is 0 Å². The largest absolute Gasteiger partial charge is 0.481 e. The van der Waals surface area contributed by atoms with Crippen LogP contribution in [-0.2, 0) is 21.0 Å². The van der Waals surface area contributed by atoms with Gasteiger partial charge in [-0.1, -0.05) is 24.3 Å². The Bertz CT molecular complexity index is 1090. The number of halogens is 3. The van der Waals surface area contributed by atoms with Gasteiger partial charge in [-0.3, -0.25) is 4.79 Å². The number of benzene rings is 1. The van der Waals surface area contributed by atoms with Gasteiger partial charge in [0.1, 0.15) is 0 Å². The van der Waals surface area contributed by atoms with Gasteiger partial charge in [0.25, 0.3) is 10.0 Å². The van der Waals surface area contributed by atoms with Crippen LogP contribution in [0.5, 0.6) is 0 Å². The number of pyridine rings is 1. The van der Waals surface area contributed by atoms with Crippen LogP contribution in [0.25, 0.3) is 11.1 Å². The van der Waals surface area contributed by atoms with Crippen LogP contribution in [0.3, 0.4) is 0 Å². The van der Waals surface area contributed by atoms with Crippen molar-refractivity contribution in [1.29, 1.82) is 0 Å². The Morgan fingerprint density at radius 3 is 1.96 bits per heavy atom. The summed E-state index contributed by atoms with van der Waals surface area (Å²) in [5.41, 5.74) is 0.794. The van der Waals surface area contributed by atoms with E-state index < -0.39 is 33.7 Å². The van der Waals surface area contributed by atoms with Crippen molar-refractivity contribution in [2.45, 2.75) is 11.2 Å². The van der Waals surface area contributed by atoms with Crippen molar-refractivity contribution >= 4 is 27.1 Å². The molecule has 0 bridgehead atoms. The van der Waals surface area contributed by atoms with Crippen LogP contribution in [-0.4, -0.2) is 24.5 Å². The maximum absolute atomic E-state index is 12.8. The molecule has 0 aliphatic heterocycles. The van der Waals surface area contributed by atoms with Gasteiger partial charge in [-0.15, -0.1) is 0 Å². The molecule has 0 spiro atoms. The summed E-state index contributed by atoms with van der Waals surface area (Å²) in [5, 5.41) is 13.9.